The molecule has 18 heavy (non-hydrogen) atoms. The average Bonchev–Trinajstić information content (AvgIpc) is 2.90. The van der Waals surface area contributed by atoms with Gasteiger partial charge in [0.25, 0.3) is 0 Å². The van der Waals surface area contributed by atoms with Crippen molar-refractivity contribution in [1.29, 1.82) is 0 Å². The molecule has 3 rings (SSSR count). The third-order valence-corrected chi connectivity index (χ3v) is 3.77. The Labute approximate surface area is 112 Å². The molecular formula is C16H15ClO. The predicted molar refractivity (Wildman–Crippen MR) is 73.9 cm³/mol. The third kappa shape index (κ3) is 2.29. The van der Waals surface area contributed by atoms with E-state index in [-0.39, 0.29) is 6.10 Å². The number of halogens is 1. The maximum atomic E-state index is 5.93. The van der Waals surface area contributed by atoms with Gasteiger partial charge in [0.15, 0.2) is 0 Å². The molecule has 1 nitrogen and oxygen atoms in total. The van der Waals surface area contributed by atoms with Gasteiger partial charge in [0.1, 0.15) is 0 Å². The first-order valence-electron chi connectivity index (χ1n) is 6.26. The van der Waals surface area contributed by atoms with Crippen LogP contribution in [0.1, 0.15) is 29.6 Å². The topological polar surface area (TPSA) is 9.23 Å². The first kappa shape index (κ1) is 11.8. The maximum absolute atomic E-state index is 5.93. The van der Waals surface area contributed by atoms with Crippen molar-refractivity contribution in [3.63, 3.8) is 0 Å². The molecule has 0 bridgehead atoms. The summed E-state index contributed by atoms with van der Waals surface area (Å²) in [5, 5.41) is 0.771. The van der Waals surface area contributed by atoms with Crippen LogP contribution in [0.4, 0.5) is 0 Å². The van der Waals surface area contributed by atoms with Crippen molar-refractivity contribution in [2.45, 2.75) is 18.4 Å². The highest BCUT2D eigenvalue weighted by molar-refractivity contribution is 6.30. The van der Waals surface area contributed by atoms with Crippen LogP contribution in [0.2, 0.25) is 5.02 Å². The van der Waals surface area contributed by atoms with E-state index in [1.807, 2.05) is 12.1 Å². The molecule has 2 atom stereocenters. The molecule has 0 aromatic heterocycles. The summed E-state index contributed by atoms with van der Waals surface area (Å²) in [6.07, 6.45) is 1.24. The SMILES string of the molecule is Clc1ccc([C@H]2OCC[C@@H]2c2ccccc2)cc1. The zero-order valence-corrected chi connectivity index (χ0v) is 10.8. The molecule has 1 aliphatic heterocycles. The molecule has 1 fully saturated rings. The second-order valence-electron chi connectivity index (χ2n) is 4.65. The van der Waals surface area contributed by atoms with Crippen molar-refractivity contribution in [2.75, 3.05) is 6.61 Å². The molecule has 0 radical (unpaired) electrons. The minimum Gasteiger partial charge on any atom is -0.373 e. The normalized spacial score (nSPS) is 23.2. The molecule has 2 aromatic carbocycles. The summed E-state index contributed by atoms with van der Waals surface area (Å²) in [4.78, 5) is 0. The van der Waals surface area contributed by atoms with Crippen molar-refractivity contribution in [3.8, 4) is 0 Å². The van der Waals surface area contributed by atoms with E-state index in [0.29, 0.717) is 5.92 Å². The molecule has 2 heteroatoms. The summed E-state index contributed by atoms with van der Waals surface area (Å²) < 4.78 is 5.90. The fourth-order valence-electron chi connectivity index (χ4n) is 2.61. The summed E-state index contributed by atoms with van der Waals surface area (Å²) in [5.41, 5.74) is 2.57. The van der Waals surface area contributed by atoms with Crippen LogP contribution in [-0.2, 0) is 4.74 Å². The Kier molecular flexibility index (Phi) is 3.35. The van der Waals surface area contributed by atoms with Crippen molar-refractivity contribution in [3.05, 3.63) is 70.7 Å². The van der Waals surface area contributed by atoms with Crippen LogP contribution in [0.5, 0.6) is 0 Å². The molecule has 0 aliphatic carbocycles. The Morgan fingerprint density at radius 3 is 2.33 bits per heavy atom. The first-order chi connectivity index (χ1) is 8.84. The molecule has 2 aromatic rings. The van der Waals surface area contributed by atoms with Gasteiger partial charge in [0, 0.05) is 17.5 Å². The quantitative estimate of drug-likeness (QED) is 0.766. The summed E-state index contributed by atoms with van der Waals surface area (Å²) in [6, 6.07) is 18.6. The second-order valence-corrected chi connectivity index (χ2v) is 5.09. The van der Waals surface area contributed by atoms with Gasteiger partial charge in [0.2, 0.25) is 0 Å². The lowest BCUT2D eigenvalue weighted by molar-refractivity contribution is 0.104. The van der Waals surface area contributed by atoms with E-state index in [2.05, 4.69) is 42.5 Å². The largest absolute Gasteiger partial charge is 0.373 e. The first-order valence-corrected chi connectivity index (χ1v) is 6.64. The molecule has 1 heterocycles. The van der Waals surface area contributed by atoms with Crippen molar-refractivity contribution < 1.29 is 4.74 Å². The Bertz CT molecular complexity index is 506. The predicted octanol–water partition coefficient (Wildman–Crippen LogP) is 4.59. The Morgan fingerprint density at radius 1 is 0.889 bits per heavy atom. The van der Waals surface area contributed by atoms with E-state index in [1.54, 1.807) is 0 Å². The average molecular weight is 259 g/mol. The van der Waals surface area contributed by atoms with E-state index in [9.17, 15) is 0 Å². The van der Waals surface area contributed by atoms with E-state index >= 15 is 0 Å². The highest BCUT2D eigenvalue weighted by Crippen LogP contribution is 2.41. The summed E-state index contributed by atoms with van der Waals surface area (Å²) in [7, 11) is 0. The molecule has 0 saturated carbocycles. The Hall–Kier alpha value is -1.31. The van der Waals surface area contributed by atoms with Crippen LogP contribution in [0.3, 0.4) is 0 Å². The van der Waals surface area contributed by atoms with E-state index in [0.717, 1.165) is 18.1 Å². The van der Waals surface area contributed by atoms with Crippen LogP contribution >= 0.6 is 11.6 Å². The lowest BCUT2D eigenvalue weighted by Crippen LogP contribution is -2.05. The second kappa shape index (κ2) is 5.13. The van der Waals surface area contributed by atoms with Gasteiger partial charge < -0.3 is 4.74 Å². The summed E-state index contributed by atoms with van der Waals surface area (Å²) in [6.45, 7) is 0.826. The molecule has 1 saturated heterocycles. The van der Waals surface area contributed by atoms with Gasteiger partial charge in [0.05, 0.1) is 6.10 Å². The number of hydrogen-bond donors (Lipinski definition) is 0. The highest BCUT2D eigenvalue weighted by Gasteiger charge is 2.30. The minimum absolute atomic E-state index is 0.157. The zero-order valence-electron chi connectivity index (χ0n) is 10.1. The van der Waals surface area contributed by atoms with Gasteiger partial charge in [-0.1, -0.05) is 54.1 Å². The zero-order chi connectivity index (χ0) is 12.4. The molecule has 0 N–H and O–H groups in total. The van der Waals surface area contributed by atoms with Gasteiger partial charge in [-0.2, -0.15) is 0 Å². The number of benzene rings is 2. The maximum Gasteiger partial charge on any atom is 0.0894 e. The molecule has 92 valence electrons. The van der Waals surface area contributed by atoms with Crippen LogP contribution < -0.4 is 0 Å². The summed E-state index contributed by atoms with van der Waals surface area (Å²) in [5.74, 6) is 0.451. The van der Waals surface area contributed by atoms with Gasteiger partial charge in [-0.25, -0.2) is 0 Å². The number of hydrogen-bond acceptors (Lipinski definition) is 1. The molecule has 0 unspecified atom stereocenters. The van der Waals surface area contributed by atoms with Gasteiger partial charge in [-0.05, 0) is 29.7 Å². The highest BCUT2D eigenvalue weighted by atomic mass is 35.5. The van der Waals surface area contributed by atoms with Gasteiger partial charge in [-0.15, -0.1) is 0 Å². The number of rotatable bonds is 2. The van der Waals surface area contributed by atoms with E-state index in [4.69, 9.17) is 16.3 Å². The van der Waals surface area contributed by atoms with E-state index in [1.165, 1.54) is 11.1 Å². The van der Waals surface area contributed by atoms with Gasteiger partial charge >= 0.3 is 0 Å². The molecule has 0 spiro atoms. The number of ether oxygens (including phenoxy) is 1. The molecular weight excluding hydrogens is 244 g/mol. The summed E-state index contributed by atoms with van der Waals surface area (Å²) >= 11 is 5.93. The monoisotopic (exact) mass is 258 g/mol. The fraction of sp³-hybridized carbons (Fsp3) is 0.250. The third-order valence-electron chi connectivity index (χ3n) is 3.52. The van der Waals surface area contributed by atoms with Crippen molar-refractivity contribution >= 4 is 11.6 Å². The smallest absolute Gasteiger partial charge is 0.0894 e. The van der Waals surface area contributed by atoms with Crippen molar-refractivity contribution in [1.82, 2.24) is 0 Å². The van der Waals surface area contributed by atoms with Gasteiger partial charge in [-0.3, -0.25) is 0 Å². The van der Waals surface area contributed by atoms with Crippen LogP contribution in [0, 0.1) is 0 Å². The lowest BCUT2D eigenvalue weighted by atomic mass is 9.89. The lowest BCUT2D eigenvalue weighted by Gasteiger charge is -2.19. The van der Waals surface area contributed by atoms with Crippen LogP contribution in [-0.4, -0.2) is 6.61 Å². The Morgan fingerprint density at radius 2 is 1.61 bits per heavy atom. The molecule has 1 aliphatic rings. The van der Waals surface area contributed by atoms with Crippen LogP contribution in [0.25, 0.3) is 0 Å². The van der Waals surface area contributed by atoms with E-state index < -0.39 is 0 Å². The molecule has 0 amide bonds. The standard InChI is InChI=1S/C16H15ClO/c17-14-8-6-13(7-9-14)16-15(10-11-18-16)12-4-2-1-3-5-12/h1-9,15-16H,10-11H2/t15-,16-/m1/s1. The minimum atomic E-state index is 0.157. The van der Waals surface area contributed by atoms with Crippen molar-refractivity contribution in [2.24, 2.45) is 0 Å². The van der Waals surface area contributed by atoms with Crippen LogP contribution in [0.15, 0.2) is 54.6 Å². The Balaban J connectivity index is 1.90. The fourth-order valence-corrected chi connectivity index (χ4v) is 2.74.